The lowest BCUT2D eigenvalue weighted by atomic mass is 10.2. The fourth-order valence-electron chi connectivity index (χ4n) is 2.09. The fourth-order valence-corrected chi connectivity index (χ4v) is 2.09. The van der Waals surface area contributed by atoms with Gasteiger partial charge in [0.2, 0.25) is 0 Å². The van der Waals surface area contributed by atoms with E-state index in [1.807, 2.05) is 43.3 Å². The molecular formula is C19H24N4. The first kappa shape index (κ1) is 16.7. The normalized spacial score (nSPS) is 10.3. The Morgan fingerprint density at radius 1 is 1.22 bits per heavy atom. The molecule has 0 saturated heterocycles. The van der Waals surface area contributed by atoms with Crippen molar-refractivity contribution in [3.8, 4) is 0 Å². The number of rotatable bonds is 3. The number of nitrogens with one attached hydrogen (secondary N) is 2. The molecule has 0 aliphatic heterocycles. The monoisotopic (exact) mass is 308 g/mol. The molecule has 120 valence electrons. The number of hydrogen-bond acceptors (Lipinski definition) is 3. The number of H-pyrrole nitrogens is 1. The molecule has 4 heteroatoms. The van der Waals surface area contributed by atoms with Crippen molar-refractivity contribution < 1.29 is 0 Å². The van der Waals surface area contributed by atoms with Crippen molar-refractivity contribution in [2.24, 2.45) is 5.92 Å². The summed E-state index contributed by atoms with van der Waals surface area (Å²) in [6.45, 7) is 12.3. The van der Waals surface area contributed by atoms with Gasteiger partial charge in [-0.3, -0.25) is 5.10 Å². The first-order valence-electron chi connectivity index (χ1n) is 7.80. The first-order valence-corrected chi connectivity index (χ1v) is 7.80. The summed E-state index contributed by atoms with van der Waals surface area (Å²) in [6, 6.07) is 9.92. The van der Waals surface area contributed by atoms with Crippen LogP contribution in [0.3, 0.4) is 0 Å². The second kappa shape index (κ2) is 7.58. The van der Waals surface area contributed by atoms with E-state index in [9.17, 15) is 0 Å². The van der Waals surface area contributed by atoms with E-state index in [2.05, 4.69) is 47.8 Å². The lowest BCUT2D eigenvalue weighted by Gasteiger charge is -2.07. The molecule has 23 heavy (non-hydrogen) atoms. The van der Waals surface area contributed by atoms with Crippen LogP contribution in [0.15, 0.2) is 43.1 Å². The van der Waals surface area contributed by atoms with Gasteiger partial charge in [0.05, 0.1) is 10.9 Å². The molecule has 0 radical (unpaired) electrons. The molecule has 3 aromatic rings. The van der Waals surface area contributed by atoms with Gasteiger partial charge in [0.25, 0.3) is 0 Å². The second-order valence-corrected chi connectivity index (χ2v) is 6.09. The van der Waals surface area contributed by atoms with Crippen LogP contribution in [-0.4, -0.2) is 15.2 Å². The van der Waals surface area contributed by atoms with E-state index in [-0.39, 0.29) is 0 Å². The zero-order valence-electron chi connectivity index (χ0n) is 14.2. The van der Waals surface area contributed by atoms with Gasteiger partial charge < -0.3 is 5.32 Å². The van der Waals surface area contributed by atoms with E-state index >= 15 is 0 Å². The molecule has 0 bridgehead atoms. The fraction of sp³-hybridized carbons (Fsp3) is 0.263. The van der Waals surface area contributed by atoms with Crippen LogP contribution in [0.2, 0.25) is 0 Å². The Balaban J connectivity index is 0.000000433. The van der Waals surface area contributed by atoms with Gasteiger partial charge in [-0.2, -0.15) is 5.10 Å². The van der Waals surface area contributed by atoms with Gasteiger partial charge in [-0.25, -0.2) is 4.98 Å². The molecule has 1 aromatic carbocycles. The molecule has 2 heterocycles. The summed E-state index contributed by atoms with van der Waals surface area (Å²) in [4.78, 5) is 4.39. The summed E-state index contributed by atoms with van der Waals surface area (Å²) in [7, 11) is 0. The maximum absolute atomic E-state index is 4.39. The molecule has 3 rings (SSSR count). The Hall–Kier alpha value is -2.62. The van der Waals surface area contributed by atoms with Crippen molar-refractivity contribution in [2.75, 3.05) is 5.32 Å². The van der Waals surface area contributed by atoms with Crippen LogP contribution in [0.1, 0.15) is 32.0 Å². The van der Waals surface area contributed by atoms with E-state index in [0.717, 1.165) is 39.6 Å². The minimum atomic E-state index is 0.810. The average molecular weight is 308 g/mol. The minimum absolute atomic E-state index is 0.810. The van der Waals surface area contributed by atoms with E-state index in [0.29, 0.717) is 0 Å². The van der Waals surface area contributed by atoms with Crippen LogP contribution in [0.25, 0.3) is 17.0 Å². The van der Waals surface area contributed by atoms with Crippen LogP contribution >= 0.6 is 0 Å². The van der Waals surface area contributed by atoms with Gasteiger partial charge in [-0.05, 0) is 36.6 Å². The summed E-state index contributed by atoms with van der Waals surface area (Å²) in [5.41, 5.74) is 3.97. The Morgan fingerprint density at radius 3 is 2.65 bits per heavy atom. The zero-order chi connectivity index (χ0) is 16.8. The third-order valence-electron chi connectivity index (χ3n) is 3.03. The third kappa shape index (κ3) is 4.42. The van der Waals surface area contributed by atoms with Gasteiger partial charge in [0.15, 0.2) is 0 Å². The summed E-state index contributed by atoms with van der Waals surface area (Å²) < 4.78 is 0. The van der Waals surface area contributed by atoms with Crippen LogP contribution in [0, 0.1) is 12.8 Å². The molecule has 2 N–H and O–H groups in total. The number of aromatic nitrogens is 3. The number of aromatic amines is 1. The summed E-state index contributed by atoms with van der Waals surface area (Å²) >= 11 is 0. The summed E-state index contributed by atoms with van der Waals surface area (Å²) in [6.07, 6.45) is 3.57. The Kier molecular flexibility index (Phi) is 5.52. The van der Waals surface area contributed by atoms with Crippen molar-refractivity contribution in [2.45, 2.75) is 27.7 Å². The van der Waals surface area contributed by atoms with E-state index < -0.39 is 0 Å². The number of nitrogens with zero attached hydrogens (tertiary/aromatic N) is 2. The molecule has 2 aromatic heterocycles. The molecular weight excluding hydrogens is 284 g/mol. The highest BCUT2D eigenvalue weighted by Crippen LogP contribution is 2.25. The lowest BCUT2D eigenvalue weighted by molar-refractivity contribution is 0.737. The number of aryl methyl sites for hydroxylation is 1. The largest absolute Gasteiger partial charge is 0.340 e. The topological polar surface area (TPSA) is 53.6 Å². The quantitative estimate of drug-likeness (QED) is 0.689. The van der Waals surface area contributed by atoms with Crippen LogP contribution < -0.4 is 5.32 Å². The molecule has 0 spiro atoms. The van der Waals surface area contributed by atoms with E-state index in [4.69, 9.17) is 0 Å². The first-order chi connectivity index (χ1) is 11.0. The Morgan fingerprint density at radius 2 is 1.96 bits per heavy atom. The second-order valence-electron chi connectivity index (χ2n) is 6.09. The molecule has 0 aliphatic rings. The van der Waals surface area contributed by atoms with Gasteiger partial charge >= 0.3 is 0 Å². The smallest absolute Gasteiger partial charge is 0.141 e. The molecule has 0 atom stereocenters. The number of benzene rings is 1. The predicted octanol–water partition coefficient (Wildman–Crippen LogP) is 5.32. The van der Waals surface area contributed by atoms with Crippen molar-refractivity contribution in [1.82, 2.24) is 15.2 Å². The molecule has 4 nitrogen and oxygen atoms in total. The maximum Gasteiger partial charge on any atom is 0.141 e. The Labute approximate surface area is 137 Å². The summed E-state index contributed by atoms with van der Waals surface area (Å²) in [5, 5.41) is 11.6. The third-order valence-corrected chi connectivity index (χ3v) is 3.03. The Bertz CT molecular complexity index is 784. The van der Waals surface area contributed by atoms with Crippen molar-refractivity contribution in [3.63, 3.8) is 0 Å². The SMILES string of the molecule is C=Cc1cccc(Nc2nccc3n[nH]c(C)c23)c1.CC(C)C. The lowest BCUT2D eigenvalue weighted by Crippen LogP contribution is -1.94. The molecule has 0 amide bonds. The molecule has 0 aliphatic carbocycles. The number of anilines is 2. The zero-order valence-corrected chi connectivity index (χ0v) is 14.2. The summed E-state index contributed by atoms with van der Waals surface area (Å²) in [5.74, 6) is 1.64. The number of fused-ring (bicyclic) bond motifs is 1. The molecule has 0 unspecified atom stereocenters. The standard InChI is InChI=1S/C15H14N4.C4H10/c1-3-11-5-4-6-12(9-11)17-15-14-10(2)18-19-13(14)7-8-16-15;1-4(2)3/h3-9H,1H2,2H3,(H,16,17)(H,18,19);4H,1-3H3. The highest BCUT2D eigenvalue weighted by Gasteiger charge is 2.08. The van der Waals surface area contributed by atoms with Crippen LogP contribution in [-0.2, 0) is 0 Å². The predicted molar refractivity (Wildman–Crippen MR) is 99.0 cm³/mol. The maximum atomic E-state index is 4.39. The van der Waals surface area contributed by atoms with Gasteiger partial charge in [-0.15, -0.1) is 0 Å². The number of pyridine rings is 1. The van der Waals surface area contributed by atoms with Crippen LogP contribution in [0.4, 0.5) is 11.5 Å². The molecule has 0 fully saturated rings. The van der Waals surface area contributed by atoms with E-state index in [1.54, 1.807) is 6.20 Å². The van der Waals surface area contributed by atoms with Gasteiger partial charge in [0.1, 0.15) is 5.82 Å². The van der Waals surface area contributed by atoms with Crippen molar-refractivity contribution in [3.05, 3.63) is 54.4 Å². The van der Waals surface area contributed by atoms with Crippen molar-refractivity contribution in [1.29, 1.82) is 0 Å². The van der Waals surface area contributed by atoms with E-state index in [1.165, 1.54) is 0 Å². The highest BCUT2D eigenvalue weighted by atomic mass is 15.1. The average Bonchev–Trinajstić information content (AvgIpc) is 2.89. The highest BCUT2D eigenvalue weighted by molar-refractivity contribution is 5.92. The van der Waals surface area contributed by atoms with Crippen LogP contribution in [0.5, 0.6) is 0 Å². The molecule has 0 saturated carbocycles. The van der Waals surface area contributed by atoms with Gasteiger partial charge in [-0.1, -0.05) is 45.6 Å². The minimum Gasteiger partial charge on any atom is -0.340 e. The van der Waals surface area contributed by atoms with Gasteiger partial charge in [0, 0.05) is 17.6 Å². The van der Waals surface area contributed by atoms with Crippen molar-refractivity contribution >= 4 is 28.5 Å². The number of hydrogen-bond donors (Lipinski definition) is 2.